The molecule has 1 aliphatic rings. The molecule has 0 heterocycles. The van der Waals surface area contributed by atoms with Crippen LogP contribution in [-0.2, 0) is 24.0 Å². The predicted octanol–water partition coefficient (Wildman–Crippen LogP) is 11.6. The number of benzene rings is 4. The third kappa shape index (κ3) is 6.83. The lowest BCUT2D eigenvalue weighted by atomic mass is 9.62. The average molecular weight is 747 g/mol. The molecule has 0 bridgehead atoms. The number of fused-ring (bicyclic) bond motifs is 2. The first-order valence-corrected chi connectivity index (χ1v) is 19.0. The van der Waals surface area contributed by atoms with Crippen LogP contribution in [0.15, 0.2) is 93.9 Å². The molecule has 0 aromatic heterocycles. The molecule has 0 saturated carbocycles. The van der Waals surface area contributed by atoms with Crippen molar-refractivity contribution in [3.63, 3.8) is 0 Å². The van der Waals surface area contributed by atoms with E-state index in [0.717, 1.165) is 68.0 Å². The quantitative estimate of drug-likeness (QED) is 0.135. The second-order valence-corrected chi connectivity index (χ2v) is 15.2. The van der Waals surface area contributed by atoms with Gasteiger partial charge in [0.05, 0.1) is 0 Å². The van der Waals surface area contributed by atoms with Crippen molar-refractivity contribution in [2.24, 2.45) is 11.8 Å². The Balaban J connectivity index is 1.83. The summed E-state index contributed by atoms with van der Waals surface area (Å²) in [6, 6.07) is 28.5. The van der Waals surface area contributed by atoms with Crippen LogP contribution < -0.4 is 0 Å². The van der Waals surface area contributed by atoms with Crippen LogP contribution in [0.3, 0.4) is 0 Å². The zero-order valence-corrected chi connectivity index (χ0v) is 31.1. The van der Waals surface area contributed by atoms with E-state index in [1.165, 1.54) is 49.7 Å². The molecule has 0 fully saturated rings. The Morgan fingerprint density at radius 2 is 0.913 bits per heavy atom. The van der Waals surface area contributed by atoms with Gasteiger partial charge in [0.25, 0.3) is 0 Å². The van der Waals surface area contributed by atoms with Crippen LogP contribution in [0.1, 0.15) is 124 Å². The van der Waals surface area contributed by atoms with E-state index in [9.17, 15) is 10.2 Å². The molecule has 5 rings (SSSR count). The third-order valence-corrected chi connectivity index (χ3v) is 11.5. The van der Waals surface area contributed by atoms with Gasteiger partial charge in [-0.2, -0.15) is 0 Å². The number of unbranched alkanes of at least 4 members (excludes halogenated alkanes) is 2. The Kier molecular flexibility index (Phi) is 11.7. The van der Waals surface area contributed by atoms with Gasteiger partial charge in [-0.05, 0) is 93.5 Å². The highest BCUT2D eigenvalue weighted by Gasteiger charge is 2.51. The van der Waals surface area contributed by atoms with Gasteiger partial charge in [-0.15, -0.1) is 0 Å². The molecule has 4 aromatic rings. The molecular weight excluding hydrogens is 696 g/mol. The van der Waals surface area contributed by atoms with Gasteiger partial charge in [-0.1, -0.05) is 172 Å². The van der Waals surface area contributed by atoms with Crippen LogP contribution in [0.2, 0.25) is 0 Å². The van der Waals surface area contributed by atoms with Crippen LogP contribution in [0.4, 0.5) is 0 Å². The molecule has 4 heteroatoms. The first kappa shape index (κ1) is 35.1. The van der Waals surface area contributed by atoms with Crippen LogP contribution in [0.25, 0.3) is 0 Å². The first-order chi connectivity index (χ1) is 22.2. The molecule has 0 aliphatic heterocycles. The summed E-state index contributed by atoms with van der Waals surface area (Å²) in [5.41, 5.74) is 4.39. The fourth-order valence-corrected chi connectivity index (χ4v) is 8.11. The Hall–Kier alpha value is -2.24. The largest absolute Gasteiger partial charge is 0.376 e. The molecule has 4 unspecified atom stereocenters. The van der Waals surface area contributed by atoms with Crippen molar-refractivity contribution in [3.8, 4) is 0 Å². The molecule has 244 valence electrons. The predicted molar refractivity (Wildman–Crippen MR) is 199 cm³/mol. The molecule has 0 amide bonds. The molecule has 2 N–H and O–H groups in total. The minimum Gasteiger partial charge on any atom is -0.376 e. The molecular formula is C42H50Br2O2. The maximum Gasteiger partial charge on any atom is 0.141 e. The summed E-state index contributed by atoms with van der Waals surface area (Å²) < 4.78 is 1.93. The van der Waals surface area contributed by atoms with Crippen molar-refractivity contribution >= 4 is 31.9 Å². The van der Waals surface area contributed by atoms with Gasteiger partial charge in [-0.25, -0.2) is 0 Å². The van der Waals surface area contributed by atoms with E-state index in [0.29, 0.717) is 11.8 Å². The van der Waals surface area contributed by atoms with E-state index in [1.807, 2.05) is 72.8 Å². The summed E-state index contributed by atoms with van der Waals surface area (Å²) in [6.07, 6.45) is 11.5. The summed E-state index contributed by atoms with van der Waals surface area (Å²) >= 11 is 7.21. The van der Waals surface area contributed by atoms with Gasteiger partial charge in [-0.3, -0.25) is 0 Å². The smallest absolute Gasteiger partial charge is 0.141 e. The zero-order chi connectivity index (χ0) is 32.9. The highest BCUT2D eigenvalue weighted by molar-refractivity contribution is 9.10. The van der Waals surface area contributed by atoms with E-state index >= 15 is 0 Å². The molecule has 4 atom stereocenters. The summed E-state index contributed by atoms with van der Waals surface area (Å²) in [4.78, 5) is 0. The first-order valence-electron chi connectivity index (χ1n) is 17.4. The van der Waals surface area contributed by atoms with Gasteiger partial charge in [0.2, 0.25) is 0 Å². The van der Waals surface area contributed by atoms with Crippen molar-refractivity contribution in [1.82, 2.24) is 0 Å². The summed E-state index contributed by atoms with van der Waals surface area (Å²) in [6.45, 7) is 9.18. The average Bonchev–Trinajstić information content (AvgIpc) is 3.08. The van der Waals surface area contributed by atoms with Gasteiger partial charge in [0.1, 0.15) is 11.2 Å². The topological polar surface area (TPSA) is 40.5 Å². The summed E-state index contributed by atoms with van der Waals surface area (Å²) in [7, 11) is 0. The maximum atomic E-state index is 13.2. The lowest BCUT2D eigenvalue weighted by molar-refractivity contribution is 0.0745. The highest BCUT2D eigenvalue weighted by atomic mass is 79.9. The minimum atomic E-state index is -1.43. The van der Waals surface area contributed by atoms with E-state index < -0.39 is 11.2 Å². The van der Waals surface area contributed by atoms with E-state index in [2.05, 4.69) is 71.7 Å². The number of halogens is 2. The van der Waals surface area contributed by atoms with Gasteiger partial charge in [0, 0.05) is 8.95 Å². The molecule has 2 nitrogen and oxygen atoms in total. The van der Waals surface area contributed by atoms with E-state index in [4.69, 9.17) is 0 Å². The number of hydrogen-bond donors (Lipinski definition) is 2. The van der Waals surface area contributed by atoms with Gasteiger partial charge < -0.3 is 10.2 Å². The lowest BCUT2D eigenvalue weighted by Gasteiger charge is -2.46. The monoisotopic (exact) mass is 744 g/mol. The van der Waals surface area contributed by atoms with Crippen LogP contribution in [0, 0.1) is 11.8 Å². The van der Waals surface area contributed by atoms with Crippen molar-refractivity contribution < 1.29 is 10.2 Å². The molecule has 0 saturated heterocycles. The number of hydrogen-bond acceptors (Lipinski definition) is 2. The summed E-state index contributed by atoms with van der Waals surface area (Å²) in [5.74, 6) is 1.16. The third-order valence-electron chi connectivity index (χ3n) is 10.5. The maximum absolute atomic E-state index is 13.2. The van der Waals surface area contributed by atoms with E-state index in [-0.39, 0.29) is 0 Å². The molecule has 46 heavy (non-hydrogen) atoms. The van der Waals surface area contributed by atoms with Crippen LogP contribution >= 0.6 is 31.9 Å². The van der Waals surface area contributed by atoms with Crippen molar-refractivity contribution in [3.05, 3.63) is 138 Å². The highest BCUT2D eigenvalue weighted by Crippen LogP contribution is 2.54. The normalized spacial score (nSPS) is 20.2. The minimum absolute atomic E-state index is 0.578. The standard InChI is InChI=1S/C42H50Br2O2/c1-5-9-13-29(7-3)25-31-27-39-40(28-32(31)26-30(8-4)14-10-6-2)42(46,34-19-23-36(44)24-20-34)38-16-12-11-15-37(38)41(39,45)33-17-21-35(43)22-18-33/h11-12,15-24,27-30,45-46H,5-10,13-14,25-26H2,1-4H3. The number of rotatable bonds is 14. The van der Waals surface area contributed by atoms with E-state index in [1.54, 1.807) is 0 Å². The second-order valence-electron chi connectivity index (χ2n) is 13.4. The Labute approximate surface area is 293 Å². The molecule has 0 radical (unpaired) electrons. The van der Waals surface area contributed by atoms with Crippen LogP contribution in [-0.4, -0.2) is 10.2 Å². The molecule has 1 aliphatic carbocycles. The molecule has 0 spiro atoms. The Morgan fingerprint density at radius 1 is 0.543 bits per heavy atom. The Bertz CT molecular complexity index is 1480. The van der Waals surface area contributed by atoms with Gasteiger partial charge >= 0.3 is 0 Å². The van der Waals surface area contributed by atoms with Crippen LogP contribution in [0.5, 0.6) is 0 Å². The fraction of sp³-hybridized carbons (Fsp3) is 0.429. The van der Waals surface area contributed by atoms with Crippen molar-refractivity contribution in [2.45, 2.75) is 103 Å². The lowest BCUT2D eigenvalue weighted by Crippen LogP contribution is -2.44. The number of aliphatic hydroxyl groups is 2. The van der Waals surface area contributed by atoms with Crippen molar-refractivity contribution in [1.29, 1.82) is 0 Å². The summed E-state index contributed by atoms with van der Waals surface area (Å²) in [5, 5.41) is 26.4. The zero-order valence-electron chi connectivity index (χ0n) is 28.0. The van der Waals surface area contributed by atoms with Crippen molar-refractivity contribution in [2.75, 3.05) is 0 Å². The molecule has 4 aromatic carbocycles. The Morgan fingerprint density at radius 3 is 1.24 bits per heavy atom. The fourth-order valence-electron chi connectivity index (χ4n) is 7.59. The van der Waals surface area contributed by atoms with Gasteiger partial charge in [0.15, 0.2) is 0 Å². The second kappa shape index (κ2) is 15.3. The SMILES string of the molecule is CCCCC(CC)Cc1cc2c(cc1CC(CC)CCCC)C(O)(c1ccc(Br)cc1)c1ccccc1C2(O)c1ccc(Br)cc1.